The number of anilines is 1. The van der Waals surface area contributed by atoms with Crippen LogP contribution in [0.1, 0.15) is 30.9 Å². The third kappa shape index (κ3) is 4.62. The Morgan fingerprint density at radius 2 is 1.97 bits per heavy atom. The van der Waals surface area contributed by atoms with Gasteiger partial charge in [-0.3, -0.25) is 9.59 Å². The Bertz CT molecular complexity index is 960. The minimum Gasteiger partial charge on any atom is -0.497 e. The first-order chi connectivity index (χ1) is 14.9. The van der Waals surface area contributed by atoms with Gasteiger partial charge in [-0.25, -0.2) is 9.97 Å². The summed E-state index contributed by atoms with van der Waals surface area (Å²) in [7, 11) is 5.50. The van der Waals surface area contributed by atoms with E-state index in [0.717, 1.165) is 35.5 Å². The summed E-state index contributed by atoms with van der Waals surface area (Å²) in [6.45, 7) is 2.18. The quantitative estimate of drug-likeness (QED) is 0.709. The van der Waals surface area contributed by atoms with Crippen molar-refractivity contribution < 1.29 is 14.3 Å². The van der Waals surface area contributed by atoms with Crippen LogP contribution in [0.3, 0.4) is 0 Å². The molecule has 164 valence electrons. The number of hydrogen-bond donors (Lipinski definition) is 0. The van der Waals surface area contributed by atoms with E-state index in [2.05, 4.69) is 0 Å². The van der Waals surface area contributed by atoms with Crippen LogP contribution in [0.4, 0.5) is 5.95 Å². The van der Waals surface area contributed by atoms with E-state index in [1.165, 1.54) is 0 Å². The highest BCUT2D eigenvalue weighted by atomic mass is 16.5. The third-order valence-electron chi connectivity index (χ3n) is 5.98. The molecule has 2 aromatic rings. The van der Waals surface area contributed by atoms with Crippen molar-refractivity contribution in [3.05, 3.63) is 36.0 Å². The largest absolute Gasteiger partial charge is 0.497 e. The molecule has 0 bridgehead atoms. The predicted octanol–water partition coefficient (Wildman–Crippen LogP) is 2.16. The molecule has 2 aliphatic rings. The van der Waals surface area contributed by atoms with Gasteiger partial charge in [-0.1, -0.05) is 0 Å². The van der Waals surface area contributed by atoms with E-state index < -0.39 is 0 Å². The van der Waals surface area contributed by atoms with E-state index in [4.69, 9.17) is 14.7 Å². The molecule has 1 aromatic heterocycles. The van der Waals surface area contributed by atoms with Crippen LogP contribution in [0.2, 0.25) is 0 Å². The monoisotopic (exact) mass is 423 g/mol. The van der Waals surface area contributed by atoms with E-state index in [-0.39, 0.29) is 24.3 Å². The van der Waals surface area contributed by atoms with Gasteiger partial charge in [0.05, 0.1) is 25.0 Å². The zero-order valence-electron chi connectivity index (χ0n) is 18.4. The Morgan fingerprint density at radius 3 is 2.61 bits per heavy atom. The van der Waals surface area contributed by atoms with Gasteiger partial charge in [0.2, 0.25) is 17.8 Å². The molecule has 2 amide bonds. The standard InChI is InChI=1S/C23H29N5O3/c1-26(2)23-24-19(16-6-8-18(31-3)9-7-16)13-20(25-23)17-10-12-28(14-17)22(30)15-27-11-4-5-21(27)29/h6-9,13,17H,4-5,10-12,14-15H2,1-3H3. The molecule has 8 nitrogen and oxygen atoms in total. The lowest BCUT2D eigenvalue weighted by Gasteiger charge is -2.21. The summed E-state index contributed by atoms with van der Waals surface area (Å²) in [5, 5.41) is 0. The maximum Gasteiger partial charge on any atom is 0.242 e. The van der Waals surface area contributed by atoms with Gasteiger partial charge in [0, 0.05) is 51.6 Å². The minimum absolute atomic E-state index is 0.0232. The smallest absolute Gasteiger partial charge is 0.242 e. The van der Waals surface area contributed by atoms with Gasteiger partial charge < -0.3 is 19.4 Å². The number of carbonyl (C=O) groups is 2. The maximum atomic E-state index is 12.7. The van der Waals surface area contributed by atoms with Crippen LogP contribution in [0.15, 0.2) is 30.3 Å². The second-order valence-corrected chi connectivity index (χ2v) is 8.35. The molecule has 2 aliphatic heterocycles. The summed E-state index contributed by atoms with van der Waals surface area (Å²) in [6, 6.07) is 9.84. The molecule has 0 saturated carbocycles. The van der Waals surface area contributed by atoms with Gasteiger partial charge in [0.15, 0.2) is 0 Å². The van der Waals surface area contributed by atoms with E-state index in [1.54, 1.807) is 12.0 Å². The van der Waals surface area contributed by atoms with Crippen LogP contribution < -0.4 is 9.64 Å². The fourth-order valence-electron chi connectivity index (χ4n) is 4.13. The van der Waals surface area contributed by atoms with Crippen molar-refractivity contribution >= 4 is 17.8 Å². The lowest BCUT2D eigenvalue weighted by Crippen LogP contribution is -2.39. The van der Waals surface area contributed by atoms with Crippen LogP contribution in [0.25, 0.3) is 11.3 Å². The van der Waals surface area contributed by atoms with E-state index in [0.29, 0.717) is 32.0 Å². The highest BCUT2D eigenvalue weighted by molar-refractivity contribution is 5.86. The summed E-state index contributed by atoms with van der Waals surface area (Å²) in [5.74, 6) is 1.70. The van der Waals surface area contributed by atoms with Gasteiger partial charge in [-0.05, 0) is 43.2 Å². The number of likely N-dealkylation sites (tertiary alicyclic amines) is 2. The minimum atomic E-state index is 0.0232. The first-order valence-electron chi connectivity index (χ1n) is 10.7. The molecule has 1 unspecified atom stereocenters. The van der Waals surface area contributed by atoms with E-state index in [1.807, 2.05) is 54.2 Å². The number of benzene rings is 1. The Labute approximate surface area is 182 Å². The Balaban J connectivity index is 1.52. The first kappa shape index (κ1) is 21.1. The lowest BCUT2D eigenvalue weighted by atomic mass is 10.0. The molecule has 0 N–H and O–H groups in total. The van der Waals surface area contributed by atoms with Gasteiger partial charge in [0.25, 0.3) is 0 Å². The number of methoxy groups -OCH3 is 1. The van der Waals surface area contributed by atoms with Crippen LogP contribution in [0, 0.1) is 0 Å². The van der Waals surface area contributed by atoms with Gasteiger partial charge in [0.1, 0.15) is 5.75 Å². The fraction of sp³-hybridized carbons (Fsp3) is 0.478. The molecule has 0 aliphatic carbocycles. The topological polar surface area (TPSA) is 78.9 Å². The van der Waals surface area contributed by atoms with Crippen molar-refractivity contribution in [2.45, 2.75) is 25.2 Å². The summed E-state index contributed by atoms with van der Waals surface area (Å²) >= 11 is 0. The first-order valence-corrected chi connectivity index (χ1v) is 10.7. The number of nitrogens with zero attached hydrogens (tertiary/aromatic N) is 5. The van der Waals surface area contributed by atoms with Crippen LogP contribution in [0.5, 0.6) is 5.75 Å². The Morgan fingerprint density at radius 1 is 1.19 bits per heavy atom. The van der Waals surface area contributed by atoms with Crippen molar-refractivity contribution in [1.29, 1.82) is 0 Å². The fourth-order valence-corrected chi connectivity index (χ4v) is 4.13. The molecule has 0 spiro atoms. The van der Waals surface area contributed by atoms with Gasteiger partial charge in [-0.2, -0.15) is 0 Å². The molecule has 1 atom stereocenters. The second-order valence-electron chi connectivity index (χ2n) is 8.35. The summed E-state index contributed by atoms with van der Waals surface area (Å²) in [4.78, 5) is 39.5. The van der Waals surface area contributed by atoms with Gasteiger partial charge >= 0.3 is 0 Å². The van der Waals surface area contributed by atoms with Crippen molar-refractivity contribution in [3.63, 3.8) is 0 Å². The number of amides is 2. The number of rotatable bonds is 6. The second kappa shape index (κ2) is 8.91. The Kier molecular flexibility index (Phi) is 6.06. The summed E-state index contributed by atoms with van der Waals surface area (Å²) in [6.07, 6.45) is 2.25. The van der Waals surface area contributed by atoms with E-state index in [9.17, 15) is 9.59 Å². The zero-order valence-corrected chi connectivity index (χ0v) is 18.4. The third-order valence-corrected chi connectivity index (χ3v) is 5.98. The Hall–Kier alpha value is -3.16. The normalized spacial score (nSPS) is 18.5. The maximum absolute atomic E-state index is 12.7. The highest BCUT2D eigenvalue weighted by Crippen LogP contribution is 2.30. The average molecular weight is 424 g/mol. The number of ether oxygens (including phenoxy) is 1. The molecular weight excluding hydrogens is 394 g/mol. The molecular formula is C23H29N5O3. The molecule has 0 radical (unpaired) electrons. The lowest BCUT2D eigenvalue weighted by molar-refractivity contribution is -0.137. The predicted molar refractivity (Wildman–Crippen MR) is 118 cm³/mol. The summed E-state index contributed by atoms with van der Waals surface area (Å²) < 4.78 is 5.26. The van der Waals surface area contributed by atoms with Crippen LogP contribution in [-0.2, 0) is 9.59 Å². The molecule has 3 heterocycles. The molecule has 1 aromatic carbocycles. The van der Waals surface area contributed by atoms with Crippen molar-refractivity contribution in [2.24, 2.45) is 0 Å². The molecule has 31 heavy (non-hydrogen) atoms. The zero-order chi connectivity index (χ0) is 22.0. The van der Waals surface area contributed by atoms with Crippen molar-refractivity contribution in [3.8, 4) is 17.0 Å². The van der Waals surface area contributed by atoms with Gasteiger partial charge in [-0.15, -0.1) is 0 Å². The average Bonchev–Trinajstić information content (AvgIpc) is 3.43. The molecule has 2 fully saturated rings. The molecule has 8 heteroatoms. The number of carbonyl (C=O) groups excluding carboxylic acids is 2. The highest BCUT2D eigenvalue weighted by Gasteiger charge is 2.31. The van der Waals surface area contributed by atoms with Crippen molar-refractivity contribution in [1.82, 2.24) is 19.8 Å². The van der Waals surface area contributed by atoms with Crippen LogP contribution in [-0.4, -0.2) is 79.0 Å². The molecule has 2 saturated heterocycles. The molecule has 4 rings (SSSR count). The van der Waals surface area contributed by atoms with E-state index >= 15 is 0 Å². The number of aromatic nitrogens is 2. The SMILES string of the molecule is COc1ccc(-c2cc(C3CCN(C(=O)CN4CCCC4=O)C3)nc(N(C)C)n2)cc1. The van der Waals surface area contributed by atoms with Crippen molar-refractivity contribution in [2.75, 3.05) is 52.3 Å². The number of hydrogen-bond acceptors (Lipinski definition) is 6. The summed E-state index contributed by atoms with van der Waals surface area (Å²) in [5.41, 5.74) is 2.78. The van der Waals surface area contributed by atoms with Crippen LogP contribution >= 0.6 is 0 Å².